The molecule has 4 heteroatoms. The van der Waals surface area contributed by atoms with Crippen molar-refractivity contribution in [3.63, 3.8) is 0 Å². The first-order valence-electron chi connectivity index (χ1n) is 5.06. The summed E-state index contributed by atoms with van der Waals surface area (Å²) in [5.74, 6) is 0.0381. The van der Waals surface area contributed by atoms with Crippen molar-refractivity contribution in [2.75, 3.05) is 5.75 Å². The zero-order chi connectivity index (χ0) is 11.0. The van der Waals surface area contributed by atoms with Crippen LogP contribution in [0, 0.1) is 0 Å². The molecule has 2 nitrogen and oxygen atoms in total. The van der Waals surface area contributed by atoms with Crippen LogP contribution in [-0.4, -0.2) is 28.3 Å². The van der Waals surface area contributed by atoms with Gasteiger partial charge >= 0.3 is 5.97 Å². The molecule has 0 amide bonds. The third-order valence-corrected chi connectivity index (χ3v) is 3.30. The van der Waals surface area contributed by atoms with Gasteiger partial charge in [0, 0.05) is 0 Å². The van der Waals surface area contributed by atoms with E-state index in [-0.39, 0.29) is 5.25 Å². The van der Waals surface area contributed by atoms with Gasteiger partial charge in [0.05, 0.1) is 11.4 Å². The lowest BCUT2D eigenvalue weighted by atomic mass is 10.1. The quantitative estimate of drug-likeness (QED) is 0.641. The van der Waals surface area contributed by atoms with Gasteiger partial charge in [-0.25, -0.2) is 4.39 Å². The second-order valence-electron chi connectivity index (χ2n) is 3.35. The van der Waals surface area contributed by atoms with Crippen LogP contribution in [0.15, 0.2) is 0 Å². The Bertz CT molecular complexity index is 164. The Labute approximate surface area is 89.3 Å². The molecule has 0 aliphatic rings. The fourth-order valence-corrected chi connectivity index (χ4v) is 1.87. The van der Waals surface area contributed by atoms with Crippen LogP contribution in [0.25, 0.3) is 0 Å². The van der Waals surface area contributed by atoms with Gasteiger partial charge in [0.15, 0.2) is 0 Å². The molecule has 2 atom stereocenters. The van der Waals surface area contributed by atoms with Crippen LogP contribution >= 0.6 is 11.8 Å². The molecule has 0 radical (unpaired) electrons. The Morgan fingerprint density at radius 2 is 2.14 bits per heavy atom. The fourth-order valence-electron chi connectivity index (χ4n) is 1.00. The predicted octanol–water partition coefficient (Wildman–Crippen LogP) is 3.11. The van der Waals surface area contributed by atoms with Gasteiger partial charge in [0.1, 0.15) is 0 Å². The minimum absolute atomic E-state index is 0.345. The smallest absolute Gasteiger partial charge is 0.316 e. The summed E-state index contributed by atoms with van der Waals surface area (Å²) in [5, 5.41) is 8.24. The third-order valence-electron chi connectivity index (χ3n) is 2.07. The molecule has 2 unspecified atom stereocenters. The highest BCUT2D eigenvalue weighted by atomic mass is 32.2. The number of carboxylic acid groups (broad SMARTS) is 1. The summed E-state index contributed by atoms with van der Waals surface area (Å²) in [6.07, 6.45) is 2.27. The normalized spacial score (nSPS) is 15.1. The lowest BCUT2D eigenvalue weighted by Crippen LogP contribution is -2.12. The summed E-state index contributed by atoms with van der Waals surface area (Å²) >= 11 is 1.42. The summed E-state index contributed by atoms with van der Waals surface area (Å²) in [5.41, 5.74) is 0. The Morgan fingerprint density at radius 1 is 1.50 bits per heavy atom. The summed E-state index contributed by atoms with van der Waals surface area (Å²) in [6, 6.07) is 0. The molecule has 0 spiro atoms. The summed E-state index contributed by atoms with van der Waals surface area (Å²) in [7, 11) is 0. The minimum Gasteiger partial charge on any atom is -0.480 e. The molecular formula is C10H19FO2S. The monoisotopic (exact) mass is 222 g/mol. The molecule has 0 aromatic rings. The number of alkyl halides is 1. The van der Waals surface area contributed by atoms with Crippen LogP contribution in [0.4, 0.5) is 4.39 Å². The number of hydrogen-bond donors (Lipinski definition) is 1. The number of carbonyl (C=O) groups is 1. The molecule has 0 saturated heterocycles. The molecule has 0 aliphatic carbocycles. The van der Waals surface area contributed by atoms with E-state index in [0.717, 1.165) is 18.6 Å². The zero-order valence-corrected chi connectivity index (χ0v) is 9.65. The molecule has 0 aliphatic heterocycles. The Hall–Kier alpha value is -0.250. The Morgan fingerprint density at radius 3 is 2.64 bits per heavy atom. The largest absolute Gasteiger partial charge is 0.480 e. The van der Waals surface area contributed by atoms with E-state index < -0.39 is 12.1 Å². The van der Waals surface area contributed by atoms with Gasteiger partial charge in [0.2, 0.25) is 0 Å². The number of aliphatic carboxylic acids is 1. The van der Waals surface area contributed by atoms with Crippen molar-refractivity contribution in [1.82, 2.24) is 0 Å². The van der Waals surface area contributed by atoms with Gasteiger partial charge in [-0.3, -0.25) is 4.79 Å². The molecule has 0 fully saturated rings. The summed E-state index contributed by atoms with van der Waals surface area (Å²) < 4.78 is 12.7. The fraction of sp³-hybridized carbons (Fsp3) is 0.900. The van der Waals surface area contributed by atoms with Crippen molar-refractivity contribution in [1.29, 1.82) is 0 Å². The molecule has 0 rings (SSSR count). The Balaban J connectivity index is 3.25. The van der Waals surface area contributed by atoms with Gasteiger partial charge in [-0.2, -0.15) is 0 Å². The summed E-state index contributed by atoms with van der Waals surface area (Å²) in [6.45, 7) is 3.52. The first kappa shape index (κ1) is 13.8. The van der Waals surface area contributed by atoms with E-state index >= 15 is 0 Å². The molecular weight excluding hydrogens is 203 g/mol. The summed E-state index contributed by atoms with van der Waals surface area (Å²) in [4.78, 5) is 10.4. The lowest BCUT2D eigenvalue weighted by Gasteiger charge is -2.06. The van der Waals surface area contributed by atoms with Gasteiger partial charge in [0.25, 0.3) is 0 Å². The average Bonchev–Trinajstić information content (AvgIpc) is 2.16. The van der Waals surface area contributed by atoms with Crippen LogP contribution in [-0.2, 0) is 4.79 Å². The third kappa shape index (κ3) is 7.18. The van der Waals surface area contributed by atoms with E-state index in [4.69, 9.17) is 5.11 Å². The number of halogens is 1. The maximum atomic E-state index is 12.7. The first-order chi connectivity index (χ1) is 6.57. The van der Waals surface area contributed by atoms with Crippen LogP contribution < -0.4 is 0 Å². The number of rotatable bonds is 8. The van der Waals surface area contributed by atoms with E-state index in [1.165, 1.54) is 11.8 Å². The Kier molecular flexibility index (Phi) is 7.95. The van der Waals surface area contributed by atoms with Crippen molar-refractivity contribution >= 4 is 17.7 Å². The highest BCUT2D eigenvalue weighted by Gasteiger charge is 2.10. The predicted molar refractivity (Wildman–Crippen MR) is 58.6 cm³/mol. The van der Waals surface area contributed by atoms with Crippen molar-refractivity contribution in [3.05, 3.63) is 0 Å². The van der Waals surface area contributed by atoms with E-state index in [2.05, 4.69) is 0 Å². The van der Waals surface area contributed by atoms with Crippen LogP contribution in [0.3, 0.4) is 0 Å². The lowest BCUT2D eigenvalue weighted by molar-refractivity contribution is -0.136. The molecule has 0 heterocycles. The average molecular weight is 222 g/mol. The SMILES string of the molecule is CCC(F)CCCCSC(C)C(=O)O. The molecule has 0 aromatic heterocycles. The van der Waals surface area contributed by atoms with E-state index in [1.54, 1.807) is 6.92 Å². The van der Waals surface area contributed by atoms with Gasteiger partial charge < -0.3 is 5.11 Å². The van der Waals surface area contributed by atoms with E-state index in [0.29, 0.717) is 12.8 Å². The van der Waals surface area contributed by atoms with Crippen LogP contribution in [0.2, 0.25) is 0 Å². The maximum Gasteiger partial charge on any atom is 0.316 e. The van der Waals surface area contributed by atoms with Crippen LogP contribution in [0.1, 0.15) is 39.5 Å². The minimum atomic E-state index is -0.771. The molecule has 1 N–H and O–H groups in total. The zero-order valence-electron chi connectivity index (χ0n) is 8.83. The first-order valence-corrected chi connectivity index (χ1v) is 6.11. The van der Waals surface area contributed by atoms with Crippen molar-refractivity contribution < 1.29 is 14.3 Å². The van der Waals surface area contributed by atoms with Crippen molar-refractivity contribution in [3.8, 4) is 0 Å². The standard InChI is InChI=1S/C10H19FO2S/c1-3-9(11)6-4-5-7-14-8(2)10(12)13/h8-9H,3-7H2,1-2H3,(H,12,13). The van der Waals surface area contributed by atoms with Crippen molar-refractivity contribution in [2.24, 2.45) is 0 Å². The maximum absolute atomic E-state index is 12.7. The number of carboxylic acids is 1. The van der Waals surface area contributed by atoms with Crippen molar-refractivity contribution in [2.45, 2.75) is 51.0 Å². The van der Waals surface area contributed by atoms with E-state index in [9.17, 15) is 9.18 Å². The number of thioether (sulfide) groups is 1. The molecule has 0 bridgehead atoms. The molecule has 0 saturated carbocycles. The number of unbranched alkanes of at least 4 members (excludes halogenated alkanes) is 1. The highest BCUT2D eigenvalue weighted by molar-refractivity contribution is 8.00. The second kappa shape index (κ2) is 8.09. The molecule has 0 aromatic carbocycles. The molecule has 84 valence electrons. The van der Waals surface area contributed by atoms with E-state index in [1.807, 2.05) is 6.92 Å². The highest BCUT2D eigenvalue weighted by Crippen LogP contribution is 2.15. The van der Waals surface area contributed by atoms with Gasteiger partial charge in [-0.15, -0.1) is 11.8 Å². The molecule has 14 heavy (non-hydrogen) atoms. The van der Waals surface area contributed by atoms with Gasteiger partial charge in [-0.1, -0.05) is 6.92 Å². The van der Waals surface area contributed by atoms with Crippen LogP contribution in [0.5, 0.6) is 0 Å². The topological polar surface area (TPSA) is 37.3 Å². The number of hydrogen-bond acceptors (Lipinski definition) is 2. The second-order valence-corrected chi connectivity index (χ2v) is 4.80. The van der Waals surface area contributed by atoms with Gasteiger partial charge in [-0.05, 0) is 38.4 Å².